The topological polar surface area (TPSA) is 91.7 Å². The third-order valence-corrected chi connectivity index (χ3v) is 6.46. The number of pyridine rings is 1. The predicted octanol–water partition coefficient (Wildman–Crippen LogP) is 4.39. The van der Waals surface area contributed by atoms with Crippen LogP contribution in [0.15, 0.2) is 42.6 Å². The van der Waals surface area contributed by atoms with Crippen LogP contribution in [0.1, 0.15) is 36.5 Å². The van der Waals surface area contributed by atoms with Gasteiger partial charge in [0.1, 0.15) is 17.7 Å². The molecule has 1 fully saturated rings. The number of hydrogen-bond donors (Lipinski definition) is 3. The molecule has 1 saturated carbocycles. The minimum Gasteiger partial charge on any atom is -0.486 e. The molecule has 1 aromatic heterocycles. The van der Waals surface area contributed by atoms with Crippen molar-refractivity contribution in [3.8, 4) is 5.75 Å². The monoisotopic (exact) mass is 492 g/mol. The van der Waals surface area contributed by atoms with E-state index in [9.17, 15) is 14.3 Å². The summed E-state index contributed by atoms with van der Waals surface area (Å²) < 4.78 is 19.9. The van der Waals surface area contributed by atoms with Crippen molar-refractivity contribution in [1.29, 1.82) is 0 Å². The van der Waals surface area contributed by atoms with Gasteiger partial charge in [0.25, 0.3) is 0 Å². The van der Waals surface area contributed by atoms with E-state index in [1.807, 2.05) is 18.2 Å². The summed E-state index contributed by atoms with van der Waals surface area (Å²) in [5.41, 5.74) is 2.09. The Labute approximate surface area is 200 Å². The summed E-state index contributed by atoms with van der Waals surface area (Å²) in [6.45, 7) is 1.36. The third-order valence-electron chi connectivity index (χ3n) is 5.75. The highest BCUT2D eigenvalue weighted by Gasteiger charge is 2.44. The van der Waals surface area contributed by atoms with E-state index in [0.717, 1.165) is 16.5 Å². The van der Waals surface area contributed by atoms with E-state index in [2.05, 4.69) is 10.3 Å². The van der Waals surface area contributed by atoms with E-state index in [4.69, 9.17) is 33.0 Å². The number of carbonyl (C=O) groups excluding carboxylic acids is 1. The van der Waals surface area contributed by atoms with E-state index >= 15 is 0 Å². The third kappa shape index (κ3) is 5.22. The number of aliphatic hydroxyl groups is 2. The smallest absolute Gasteiger partial charge is 0.223 e. The van der Waals surface area contributed by atoms with Gasteiger partial charge in [-0.1, -0.05) is 23.2 Å². The first-order chi connectivity index (χ1) is 15.8. The molecule has 4 unspecified atom stereocenters. The summed E-state index contributed by atoms with van der Waals surface area (Å²) in [7, 11) is 0. The fraction of sp³-hybridized carbons (Fsp3) is 0.333. The van der Waals surface area contributed by atoms with Crippen molar-refractivity contribution in [2.45, 2.75) is 31.5 Å². The molecule has 0 aliphatic heterocycles. The van der Waals surface area contributed by atoms with Crippen molar-refractivity contribution in [3.05, 3.63) is 69.6 Å². The molecule has 2 aromatic carbocycles. The van der Waals surface area contributed by atoms with Gasteiger partial charge in [0, 0.05) is 34.6 Å². The fourth-order valence-corrected chi connectivity index (χ4v) is 4.53. The number of nitrogens with one attached hydrogen (secondary N) is 1. The van der Waals surface area contributed by atoms with E-state index < -0.39 is 24.6 Å². The van der Waals surface area contributed by atoms with Gasteiger partial charge in [-0.15, -0.1) is 0 Å². The minimum absolute atomic E-state index is 0.0206. The predicted molar refractivity (Wildman–Crippen MR) is 124 cm³/mol. The van der Waals surface area contributed by atoms with Crippen molar-refractivity contribution >= 4 is 40.0 Å². The van der Waals surface area contributed by atoms with Gasteiger partial charge in [0.2, 0.25) is 5.91 Å². The molecule has 0 saturated heterocycles. The van der Waals surface area contributed by atoms with Crippen LogP contribution in [0.2, 0.25) is 10.0 Å². The van der Waals surface area contributed by atoms with Crippen LogP contribution >= 0.6 is 23.2 Å². The Morgan fingerprint density at radius 3 is 2.85 bits per heavy atom. The Kier molecular flexibility index (Phi) is 7.05. The van der Waals surface area contributed by atoms with E-state index in [-0.39, 0.29) is 29.3 Å². The van der Waals surface area contributed by atoms with Gasteiger partial charge in [-0.25, -0.2) is 4.39 Å². The molecule has 1 aliphatic rings. The van der Waals surface area contributed by atoms with E-state index in [0.29, 0.717) is 22.8 Å². The number of ether oxygens (including phenoxy) is 1. The summed E-state index contributed by atoms with van der Waals surface area (Å²) in [6, 6.07) is 10.1. The van der Waals surface area contributed by atoms with Crippen LogP contribution in [-0.2, 0) is 4.79 Å². The first-order valence-electron chi connectivity index (χ1n) is 10.5. The summed E-state index contributed by atoms with van der Waals surface area (Å²) >= 11 is 12.3. The molecule has 1 amide bonds. The normalized spacial score (nSPS) is 19.2. The first-order valence-corrected chi connectivity index (χ1v) is 11.3. The van der Waals surface area contributed by atoms with Gasteiger partial charge in [-0.2, -0.15) is 0 Å². The molecule has 0 radical (unpaired) electrons. The van der Waals surface area contributed by atoms with Crippen molar-refractivity contribution in [3.63, 3.8) is 0 Å². The molecule has 1 aliphatic carbocycles. The molecule has 1 heterocycles. The van der Waals surface area contributed by atoms with Gasteiger partial charge in [0.05, 0.1) is 23.3 Å². The Balaban J connectivity index is 1.49. The molecule has 174 valence electrons. The number of amides is 1. The van der Waals surface area contributed by atoms with Crippen LogP contribution < -0.4 is 10.1 Å². The lowest BCUT2D eigenvalue weighted by Crippen LogP contribution is -2.35. The highest BCUT2D eigenvalue weighted by molar-refractivity contribution is 6.36. The standard InChI is InChI=1S/C24H23Cl2FN2O4/c1-12(22-19(25)3-4-20(27)23(22)26)33-16-2-5-21-13(7-16)6-14(9-28-21)17-8-18(17)24(32)29-10-15(31)11-30/h2-7,9,12,15,17-18,30-31H,8,10-11H2,1H3,(H,29,32). The Morgan fingerprint density at radius 1 is 1.30 bits per heavy atom. The van der Waals surface area contributed by atoms with E-state index in [1.165, 1.54) is 12.1 Å². The number of aromatic nitrogens is 1. The molecule has 3 aromatic rings. The highest BCUT2D eigenvalue weighted by Crippen LogP contribution is 2.48. The van der Waals surface area contributed by atoms with Crippen molar-refractivity contribution in [2.75, 3.05) is 13.2 Å². The zero-order valence-electron chi connectivity index (χ0n) is 17.8. The Morgan fingerprint density at radius 2 is 2.09 bits per heavy atom. The Hall–Kier alpha value is -2.45. The molecule has 9 heteroatoms. The van der Waals surface area contributed by atoms with Crippen molar-refractivity contribution < 1.29 is 24.1 Å². The minimum atomic E-state index is -0.966. The van der Waals surface area contributed by atoms with Crippen LogP contribution in [0.4, 0.5) is 4.39 Å². The second-order valence-electron chi connectivity index (χ2n) is 8.17. The molecule has 3 N–H and O–H groups in total. The van der Waals surface area contributed by atoms with Gasteiger partial charge >= 0.3 is 0 Å². The first kappa shape index (κ1) is 23.7. The van der Waals surface area contributed by atoms with Crippen LogP contribution in [0.25, 0.3) is 10.9 Å². The lowest BCUT2D eigenvalue weighted by molar-refractivity contribution is -0.123. The summed E-state index contributed by atoms with van der Waals surface area (Å²) in [5, 5.41) is 22.0. The zero-order chi connectivity index (χ0) is 23.7. The fourth-order valence-electron chi connectivity index (χ4n) is 3.85. The summed E-state index contributed by atoms with van der Waals surface area (Å²) in [5.74, 6) is -0.308. The summed E-state index contributed by atoms with van der Waals surface area (Å²) in [6.07, 6.45) is 0.905. The molecule has 6 nitrogen and oxygen atoms in total. The average molecular weight is 493 g/mol. The quantitative estimate of drug-likeness (QED) is 0.405. The van der Waals surface area contributed by atoms with E-state index in [1.54, 1.807) is 19.2 Å². The second kappa shape index (κ2) is 9.81. The number of carbonyl (C=O) groups is 1. The van der Waals surface area contributed by atoms with Gasteiger partial charge in [0.15, 0.2) is 0 Å². The highest BCUT2D eigenvalue weighted by atomic mass is 35.5. The van der Waals surface area contributed by atoms with Gasteiger partial charge < -0.3 is 20.3 Å². The zero-order valence-corrected chi connectivity index (χ0v) is 19.3. The summed E-state index contributed by atoms with van der Waals surface area (Å²) in [4.78, 5) is 16.8. The van der Waals surface area contributed by atoms with Crippen LogP contribution in [0.5, 0.6) is 5.75 Å². The number of fused-ring (bicyclic) bond motifs is 1. The molecule has 4 atom stereocenters. The van der Waals surface area contributed by atoms with Gasteiger partial charge in [-0.05, 0) is 61.2 Å². The molecular formula is C24H23Cl2FN2O4. The van der Waals surface area contributed by atoms with Crippen LogP contribution in [0, 0.1) is 11.7 Å². The molecule has 4 rings (SSSR count). The molecule has 0 bridgehead atoms. The molecule has 33 heavy (non-hydrogen) atoms. The average Bonchev–Trinajstić information content (AvgIpc) is 3.60. The van der Waals surface area contributed by atoms with Crippen LogP contribution in [0.3, 0.4) is 0 Å². The van der Waals surface area contributed by atoms with Crippen molar-refractivity contribution in [1.82, 2.24) is 10.3 Å². The lowest BCUT2D eigenvalue weighted by atomic mass is 10.1. The SMILES string of the molecule is CC(Oc1ccc2ncc(C3CC3C(=O)NCC(O)CO)cc2c1)c1c(Cl)ccc(F)c1Cl. The molecular weight excluding hydrogens is 470 g/mol. The lowest BCUT2D eigenvalue weighted by Gasteiger charge is -2.18. The maximum absolute atomic E-state index is 13.9. The largest absolute Gasteiger partial charge is 0.486 e. The van der Waals surface area contributed by atoms with Crippen LogP contribution in [-0.4, -0.2) is 40.4 Å². The number of benzene rings is 2. The number of halogens is 3. The van der Waals surface area contributed by atoms with Crippen molar-refractivity contribution in [2.24, 2.45) is 5.92 Å². The maximum Gasteiger partial charge on any atom is 0.223 e. The number of rotatable bonds is 8. The Bertz CT molecular complexity index is 1190. The number of aliphatic hydroxyl groups excluding tert-OH is 2. The molecule has 0 spiro atoms. The van der Waals surface area contributed by atoms with Gasteiger partial charge in [-0.3, -0.25) is 9.78 Å². The number of nitrogens with zero attached hydrogens (tertiary/aromatic N) is 1. The number of hydrogen-bond acceptors (Lipinski definition) is 5. The maximum atomic E-state index is 13.9. The second-order valence-corrected chi connectivity index (χ2v) is 8.96.